The van der Waals surface area contributed by atoms with Crippen molar-refractivity contribution in [2.45, 2.75) is 116 Å². The molecular weight excluding hydrogens is 431 g/mol. The maximum absolute atomic E-state index is 11.4. The second-order valence-electron chi connectivity index (χ2n) is 7.54. The van der Waals surface area contributed by atoms with Crippen LogP contribution in [-0.4, -0.2) is 70.9 Å². The van der Waals surface area contributed by atoms with E-state index in [2.05, 4.69) is 26.0 Å². The first-order valence-corrected chi connectivity index (χ1v) is 12.8. The Kier molecular flexibility index (Phi) is 30.2. The first kappa shape index (κ1) is 35.6. The summed E-state index contributed by atoms with van der Waals surface area (Å²) < 4.78 is 36.7. The van der Waals surface area contributed by atoms with Crippen molar-refractivity contribution in [2.75, 3.05) is 6.61 Å². The van der Waals surface area contributed by atoms with E-state index in [9.17, 15) is 9.90 Å². The quantitative estimate of drug-likeness (QED) is 0.0833. The van der Waals surface area contributed by atoms with Crippen LogP contribution in [0.4, 0.5) is 0 Å². The summed E-state index contributed by atoms with van der Waals surface area (Å²) in [4.78, 5) is 11.4. The third kappa shape index (κ3) is 40.9. The predicted octanol–water partition coefficient (Wildman–Crippen LogP) is 5.04. The van der Waals surface area contributed by atoms with Gasteiger partial charge < -0.3 is 9.84 Å². The number of rotatable bonds is 18. The van der Waals surface area contributed by atoms with Crippen LogP contribution in [0, 0.1) is 0 Å². The summed E-state index contributed by atoms with van der Waals surface area (Å²) in [6.45, 7) is 4.89. The fourth-order valence-electron chi connectivity index (χ4n) is 2.76. The molecule has 182 valence electrons. The van der Waals surface area contributed by atoms with E-state index in [0.717, 1.165) is 51.4 Å². The van der Waals surface area contributed by atoms with Gasteiger partial charge in [0.1, 0.15) is 0 Å². The van der Waals surface area contributed by atoms with Gasteiger partial charge >= 0.3 is 45.9 Å². The molecule has 0 aromatic carbocycles. The number of esters is 1. The minimum absolute atomic E-state index is 0. The molecule has 0 heterocycles. The molecule has 1 atom stereocenters. The fraction of sp³-hybridized carbons (Fsp3) is 0.864. The number of hydrogen-bond acceptors (Lipinski definition) is 5. The fourth-order valence-corrected chi connectivity index (χ4v) is 2.76. The molecule has 7 nitrogen and oxygen atoms in total. The molecule has 0 spiro atoms. The molecule has 3 N–H and O–H groups in total. The van der Waals surface area contributed by atoms with Crippen molar-refractivity contribution in [1.29, 1.82) is 0 Å². The molecule has 0 fully saturated rings. The van der Waals surface area contributed by atoms with Crippen LogP contribution >= 0.6 is 0 Å². The molecule has 0 unspecified atom stereocenters. The summed E-state index contributed by atoms with van der Waals surface area (Å²) in [7, 11) is -4.67. The normalized spacial score (nSPS) is 12.0. The van der Waals surface area contributed by atoms with Gasteiger partial charge in [-0.15, -0.1) is 0 Å². The Morgan fingerprint density at radius 2 is 1.42 bits per heavy atom. The molecule has 0 aliphatic rings. The molecule has 9 heteroatoms. The molecule has 0 radical (unpaired) electrons. The van der Waals surface area contributed by atoms with Crippen LogP contribution in [-0.2, 0) is 19.9 Å². The Hall–Kier alpha value is 0.0400. The molecule has 0 saturated heterocycles. The SMILES string of the molecule is CCCCCC[C@@H](O)C/C=C\CCCCCCCC(=O)OCCCC.O=S(=O)(O)O.[NaH]. The van der Waals surface area contributed by atoms with Gasteiger partial charge in [0.05, 0.1) is 12.7 Å². The Labute approximate surface area is 212 Å². The Balaban J connectivity index is -0.00000116. The van der Waals surface area contributed by atoms with Crippen molar-refractivity contribution in [3.63, 3.8) is 0 Å². The van der Waals surface area contributed by atoms with Crippen molar-refractivity contribution in [1.82, 2.24) is 0 Å². The molecule has 0 aliphatic heterocycles. The molecule has 0 aromatic heterocycles. The maximum atomic E-state index is 11.4. The predicted molar refractivity (Wildman–Crippen MR) is 128 cm³/mol. The Morgan fingerprint density at radius 3 is 2.03 bits per heavy atom. The number of ether oxygens (including phenoxy) is 1. The van der Waals surface area contributed by atoms with Crippen LogP contribution in [0.5, 0.6) is 0 Å². The van der Waals surface area contributed by atoms with Gasteiger partial charge in [0, 0.05) is 6.42 Å². The van der Waals surface area contributed by atoms with Crippen molar-refractivity contribution >= 4 is 45.9 Å². The number of allylic oxidation sites excluding steroid dienone is 1. The number of aliphatic hydroxyl groups excluding tert-OH is 1. The molecule has 0 aliphatic carbocycles. The first-order valence-electron chi connectivity index (χ1n) is 11.4. The number of carbonyl (C=O) groups excluding carboxylic acids is 1. The number of carbonyl (C=O) groups is 1. The van der Waals surface area contributed by atoms with Crippen LogP contribution in [0.1, 0.15) is 110 Å². The molecule has 0 saturated carbocycles. The monoisotopic (exact) mass is 476 g/mol. The second kappa shape index (κ2) is 26.3. The van der Waals surface area contributed by atoms with Gasteiger partial charge in [-0.2, -0.15) is 8.42 Å². The van der Waals surface area contributed by atoms with E-state index in [-0.39, 0.29) is 41.6 Å². The third-order valence-corrected chi connectivity index (χ3v) is 4.48. The zero-order valence-electron chi connectivity index (χ0n) is 18.9. The van der Waals surface area contributed by atoms with E-state index in [0.29, 0.717) is 13.0 Å². The van der Waals surface area contributed by atoms with Gasteiger partial charge in [-0.25, -0.2) is 0 Å². The van der Waals surface area contributed by atoms with E-state index in [1.807, 2.05) is 0 Å². The summed E-state index contributed by atoms with van der Waals surface area (Å²) in [5.74, 6) is -0.0374. The van der Waals surface area contributed by atoms with E-state index in [1.54, 1.807) is 0 Å². The van der Waals surface area contributed by atoms with Gasteiger partial charge in [-0.3, -0.25) is 13.9 Å². The zero-order valence-corrected chi connectivity index (χ0v) is 19.7. The van der Waals surface area contributed by atoms with Crippen LogP contribution in [0.3, 0.4) is 0 Å². The van der Waals surface area contributed by atoms with Crippen molar-refractivity contribution in [3.8, 4) is 0 Å². The topological polar surface area (TPSA) is 121 Å². The van der Waals surface area contributed by atoms with Crippen LogP contribution in [0.15, 0.2) is 12.2 Å². The van der Waals surface area contributed by atoms with Gasteiger partial charge in [-0.05, 0) is 38.5 Å². The van der Waals surface area contributed by atoms with Crippen molar-refractivity contribution in [2.24, 2.45) is 0 Å². The van der Waals surface area contributed by atoms with Crippen molar-refractivity contribution < 1.29 is 32.2 Å². The van der Waals surface area contributed by atoms with E-state index in [1.165, 1.54) is 38.5 Å². The van der Waals surface area contributed by atoms with Crippen LogP contribution in [0.2, 0.25) is 0 Å². The van der Waals surface area contributed by atoms with Gasteiger partial charge in [0.25, 0.3) is 0 Å². The summed E-state index contributed by atoms with van der Waals surface area (Å²) in [6, 6.07) is 0. The van der Waals surface area contributed by atoms with Gasteiger partial charge in [-0.1, -0.05) is 77.4 Å². The molecule has 0 amide bonds. The van der Waals surface area contributed by atoms with Crippen LogP contribution < -0.4 is 0 Å². The zero-order chi connectivity index (χ0) is 23.1. The first-order chi connectivity index (χ1) is 14.2. The Morgan fingerprint density at radius 1 is 0.871 bits per heavy atom. The molecule has 0 aromatic rings. The summed E-state index contributed by atoms with van der Waals surface area (Å²) in [5.41, 5.74) is 0. The summed E-state index contributed by atoms with van der Waals surface area (Å²) in [6.07, 6.45) is 20.2. The van der Waals surface area contributed by atoms with Crippen molar-refractivity contribution in [3.05, 3.63) is 12.2 Å². The summed E-state index contributed by atoms with van der Waals surface area (Å²) in [5, 5.41) is 9.87. The van der Waals surface area contributed by atoms with Crippen LogP contribution in [0.25, 0.3) is 0 Å². The molecule has 0 bridgehead atoms. The Bertz CT molecular complexity index is 502. The number of aliphatic hydroxyl groups is 1. The van der Waals surface area contributed by atoms with Gasteiger partial charge in [0.2, 0.25) is 0 Å². The minimum atomic E-state index is -4.67. The molecule has 0 rings (SSSR count). The van der Waals surface area contributed by atoms with Gasteiger partial charge in [0.15, 0.2) is 0 Å². The average Bonchev–Trinajstić information content (AvgIpc) is 2.65. The third-order valence-electron chi connectivity index (χ3n) is 4.48. The average molecular weight is 477 g/mol. The molecule has 31 heavy (non-hydrogen) atoms. The standard InChI is InChI=1S/C22H42O3.Na.H2O4S.H/c1-3-5-7-14-17-21(23)18-15-12-10-8-9-11-13-16-19-22(24)25-20-6-4-2;;1-5(2,3)4;/h12,15,21,23H,3-11,13-14,16-20H2,1-2H3;;(H2,1,2,3,4);/b15-12-;;;/t21-;;;/m1.../s1. The second-order valence-corrected chi connectivity index (χ2v) is 8.43. The number of unbranched alkanes of at least 4 members (excludes halogenated alkanes) is 9. The van der Waals surface area contributed by atoms with E-state index < -0.39 is 10.4 Å². The van der Waals surface area contributed by atoms with E-state index >= 15 is 0 Å². The summed E-state index contributed by atoms with van der Waals surface area (Å²) >= 11 is 0. The number of hydrogen-bond donors (Lipinski definition) is 3. The van der Waals surface area contributed by atoms with E-state index in [4.69, 9.17) is 22.3 Å². The molecular formula is C22H45NaO7S.